The Morgan fingerprint density at radius 2 is 2.18 bits per heavy atom. The smallest absolute Gasteiger partial charge is 0.306 e. The van der Waals surface area contributed by atoms with E-state index in [0.717, 1.165) is 10.6 Å². The number of rotatable bonds is 4. The average molecular weight is 342 g/mol. The molecule has 22 heavy (non-hydrogen) atoms. The lowest BCUT2D eigenvalue weighted by atomic mass is 9.87. The molecule has 1 aliphatic heterocycles. The second-order valence-corrected chi connectivity index (χ2v) is 7.28. The maximum atomic E-state index is 12.8. The van der Waals surface area contributed by atoms with E-state index in [2.05, 4.69) is 0 Å². The van der Waals surface area contributed by atoms with Crippen LogP contribution in [0.15, 0.2) is 23.1 Å². The summed E-state index contributed by atoms with van der Waals surface area (Å²) in [5.74, 6) is -0.373. The van der Waals surface area contributed by atoms with E-state index in [1.54, 1.807) is 28.8 Å². The topological polar surface area (TPSA) is 57.6 Å². The molecule has 1 aliphatic rings. The van der Waals surface area contributed by atoms with Crippen LogP contribution in [0.3, 0.4) is 0 Å². The van der Waals surface area contributed by atoms with E-state index in [1.165, 1.54) is 0 Å². The van der Waals surface area contributed by atoms with E-state index < -0.39 is 5.97 Å². The lowest BCUT2D eigenvalue weighted by Crippen LogP contribution is -2.45. The van der Waals surface area contributed by atoms with Crippen LogP contribution in [0.4, 0.5) is 0 Å². The fourth-order valence-electron chi connectivity index (χ4n) is 2.82. The fraction of sp³-hybridized carbons (Fsp3) is 0.500. The first-order valence-corrected chi connectivity index (χ1v) is 8.74. The Morgan fingerprint density at radius 3 is 2.77 bits per heavy atom. The number of aliphatic carboxylic acids is 1. The maximum absolute atomic E-state index is 12.8. The number of piperidine rings is 1. The number of carboxylic acid groups (broad SMARTS) is 1. The summed E-state index contributed by atoms with van der Waals surface area (Å²) in [6.07, 6.45) is 0.499. The highest BCUT2D eigenvalue weighted by atomic mass is 35.5. The molecule has 0 aromatic heterocycles. The Bertz CT molecular complexity index is 579. The lowest BCUT2D eigenvalue weighted by molar-refractivity contribution is -0.145. The second kappa shape index (κ2) is 7.38. The van der Waals surface area contributed by atoms with Gasteiger partial charge in [0.2, 0.25) is 0 Å². The third kappa shape index (κ3) is 3.76. The first-order valence-electron chi connectivity index (χ1n) is 7.38. The van der Waals surface area contributed by atoms with Gasteiger partial charge in [-0.1, -0.05) is 25.4 Å². The maximum Gasteiger partial charge on any atom is 0.306 e. The number of carboxylic acids is 1. The van der Waals surface area contributed by atoms with E-state index >= 15 is 0 Å². The van der Waals surface area contributed by atoms with Crippen LogP contribution in [0.25, 0.3) is 0 Å². The van der Waals surface area contributed by atoms with Crippen molar-refractivity contribution in [2.24, 2.45) is 11.8 Å². The zero-order chi connectivity index (χ0) is 16.3. The standard InChI is InChI=1S/C16H20ClNO3S/c1-3-22-14-5-4-11(17)8-13(14)15(19)18-7-6-12(16(20)21)10(2)9-18/h4-5,8,10,12H,3,6-7,9H2,1-2H3,(H,20,21). The number of halogens is 1. The molecule has 1 amide bonds. The van der Waals surface area contributed by atoms with Crippen LogP contribution in [-0.2, 0) is 4.79 Å². The summed E-state index contributed by atoms with van der Waals surface area (Å²) in [5.41, 5.74) is 0.611. The lowest BCUT2D eigenvalue weighted by Gasteiger charge is -2.35. The number of amides is 1. The molecule has 1 fully saturated rings. The summed E-state index contributed by atoms with van der Waals surface area (Å²) < 4.78 is 0. The molecule has 1 N–H and O–H groups in total. The number of hydrogen-bond donors (Lipinski definition) is 1. The number of carbonyl (C=O) groups is 2. The van der Waals surface area contributed by atoms with Gasteiger partial charge in [0.05, 0.1) is 11.5 Å². The Labute approximate surface area is 139 Å². The number of nitrogens with zero attached hydrogens (tertiary/aromatic N) is 1. The molecule has 0 spiro atoms. The molecule has 0 saturated carbocycles. The Hall–Kier alpha value is -1.20. The number of benzene rings is 1. The number of likely N-dealkylation sites (tertiary alicyclic amines) is 1. The van der Waals surface area contributed by atoms with Crippen LogP contribution in [0.5, 0.6) is 0 Å². The molecule has 0 aliphatic carbocycles. The second-order valence-electron chi connectivity index (χ2n) is 5.54. The van der Waals surface area contributed by atoms with Gasteiger partial charge in [0, 0.05) is 23.0 Å². The molecule has 1 aromatic rings. The molecule has 2 rings (SSSR count). The molecule has 0 bridgehead atoms. The van der Waals surface area contributed by atoms with Gasteiger partial charge in [-0.25, -0.2) is 0 Å². The zero-order valence-electron chi connectivity index (χ0n) is 12.7. The Balaban J connectivity index is 2.19. The molecule has 6 heteroatoms. The Kier molecular flexibility index (Phi) is 5.75. The van der Waals surface area contributed by atoms with Gasteiger partial charge in [0.25, 0.3) is 5.91 Å². The Morgan fingerprint density at radius 1 is 1.45 bits per heavy atom. The van der Waals surface area contributed by atoms with Gasteiger partial charge in [-0.3, -0.25) is 9.59 Å². The SMILES string of the molecule is CCSc1ccc(Cl)cc1C(=O)N1CCC(C(=O)O)C(C)C1. The summed E-state index contributed by atoms with van der Waals surface area (Å²) in [6, 6.07) is 5.36. The molecule has 1 saturated heterocycles. The van der Waals surface area contributed by atoms with Crippen molar-refractivity contribution >= 4 is 35.2 Å². The van der Waals surface area contributed by atoms with Crippen molar-refractivity contribution in [3.63, 3.8) is 0 Å². The van der Waals surface area contributed by atoms with Crippen molar-refractivity contribution in [2.75, 3.05) is 18.8 Å². The average Bonchev–Trinajstić information content (AvgIpc) is 2.48. The van der Waals surface area contributed by atoms with Crippen LogP contribution in [0.2, 0.25) is 5.02 Å². The molecular weight excluding hydrogens is 322 g/mol. The van der Waals surface area contributed by atoms with Gasteiger partial charge < -0.3 is 10.0 Å². The van der Waals surface area contributed by atoms with Gasteiger partial charge in [0.15, 0.2) is 0 Å². The first kappa shape index (κ1) is 17.2. The van der Waals surface area contributed by atoms with Gasteiger partial charge >= 0.3 is 5.97 Å². The normalized spacial score (nSPS) is 21.7. The quantitative estimate of drug-likeness (QED) is 0.849. The van der Waals surface area contributed by atoms with Crippen LogP contribution in [0.1, 0.15) is 30.6 Å². The molecule has 0 radical (unpaired) electrons. The summed E-state index contributed by atoms with van der Waals surface area (Å²) in [4.78, 5) is 26.6. The summed E-state index contributed by atoms with van der Waals surface area (Å²) in [5, 5.41) is 9.72. The minimum absolute atomic E-state index is 0.0448. The third-order valence-corrected chi connectivity index (χ3v) is 5.17. The highest BCUT2D eigenvalue weighted by Crippen LogP contribution is 2.29. The number of carbonyl (C=O) groups excluding carboxylic acids is 1. The summed E-state index contributed by atoms with van der Waals surface area (Å²) in [7, 11) is 0. The first-order chi connectivity index (χ1) is 10.4. The van der Waals surface area contributed by atoms with E-state index in [9.17, 15) is 14.7 Å². The van der Waals surface area contributed by atoms with Crippen LogP contribution in [-0.4, -0.2) is 40.7 Å². The summed E-state index contributed by atoms with van der Waals surface area (Å²) in [6.45, 7) is 4.87. The van der Waals surface area contributed by atoms with Gasteiger partial charge in [-0.15, -0.1) is 11.8 Å². The van der Waals surface area contributed by atoms with Crippen molar-refractivity contribution in [1.29, 1.82) is 0 Å². The molecule has 4 nitrogen and oxygen atoms in total. The van der Waals surface area contributed by atoms with Crippen LogP contribution < -0.4 is 0 Å². The van der Waals surface area contributed by atoms with Gasteiger partial charge in [-0.2, -0.15) is 0 Å². The van der Waals surface area contributed by atoms with E-state index in [0.29, 0.717) is 30.1 Å². The highest BCUT2D eigenvalue weighted by molar-refractivity contribution is 7.99. The van der Waals surface area contributed by atoms with Crippen LogP contribution >= 0.6 is 23.4 Å². The van der Waals surface area contributed by atoms with Crippen molar-refractivity contribution < 1.29 is 14.7 Å². The minimum atomic E-state index is -0.774. The zero-order valence-corrected chi connectivity index (χ0v) is 14.3. The largest absolute Gasteiger partial charge is 0.481 e. The molecule has 2 atom stereocenters. The molecule has 120 valence electrons. The van der Waals surface area contributed by atoms with Crippen molar-refractivity contribution in [3.8, 4) is 0 Å². The predicted octanol–water partition coefficient (Wildman–Crippen LogP) is 3.63. The van der Waals surface area contributed by atoms with E-state index in [-0.39, 0.29) is 17.7 Å². The molecule has 2 unspecified atom stereocenters. The van der Waals surface area contributed by atoms with Gasteiger partial charge in [-0.05, 0) is 36.3 Å². The van der Waals surface area contributed by atoms with Crippen LogP contribution in [0, 0.1) is 11.8 Å². The molecule has 1 heterocycles. The predicted molar refractivity (Wildman–Crippen MR) is 88.7 cm³/mol. The number of hydrogen-bond acceptors (Lipinski definition) is 3. The molecule has 1 aromatic carbocycles. The minimum Gasteiger partial charge on any atom is -0.481 e. The van der Waals surface area contributed by atoms with Crippen molar-refractivity contribution in [2.45, 2.75) is 25.2 Å². The van der Waals surface area contributed by atoms with Crippen molar-refractivity contribution in [1.82, 2.24) is 4.90 Å². The third-order valence-electron chi connectivity index (χ3n) is 3.98. The van der Waals surface area contributed by atoms with Crippen molar-refractivity contribution in [3.05, 3.63) is 28.8 Å². The van der Waals surface area contributed by atoms with E-state index in [4.69, 9.17) is 11.6 Å². The fourth-order valence-corrected chi connectivity index (χ4v) is 3.77. The summed E-state index contributed by atoms with van der Waals surface area (Å²) >= 11 is 7.64. The van der Waals surface area contributed by atoms with E-state index in [1.807, 2.05) is 19.9 Å². The highest BCUT2D eigenvalue weighted by Gasteiger charge is 2.33. The molecular formula is C16H20ClNO3S. The monoisotopic (exact) mass is 341 g/mol. The number of thioether (sulfide) groups is 1. The van der Waals surface area contributed by atoms with Gasteiger partial charge in [0.1, 0.15) is 0 Å².